The van der Waals surface area contributed by atoms with Crippen molar-refractivity contribution in [3.8, 4) is 0 Å². The molecule has 0 spiro atoms. The van der Waals surface area contributed by atoms with E-state index in [2.05, 4.69) is 22.5 Å². The number of hydrogen-bond donors (Lipinski definition) is 3. The van der Waals surface area contributed by atoms with E-state index >= 15 is 0 Å². The van der Waals surface area contributed by atoms with Gasteiger partial charge in [0.25, 0.3) is 0 Å². The average molecular weight is 391 g/mol. The molecule has 0 saturated carbocycles. The minimum absolute atomic E-state index is 0. The third-order valence-electron chi connectivity index (χ3n) is 2.83. The summed E-state index contributed by atoms with van der Waals surface area (Å²) in [5, 5.41) is 16.9. The Balaban J connectivity index is 0.00000361. The second-order valence-electron chi connectivity index (χ2n) is 4.76. The summed E-state index contributed by atoms with van der Waals surface area (Å²) in [6, 6.07) is 9.63. The molecule has 1 aromatic carbocycles. The van der Waals surface area contributed by atoms with Crippen LogP contribution in [0.25, 0.3) is 0 Å². The van der Waals surface area contributed by atoms with E-state index in [0.717, 1.165) is 31.0 Å². The Kier molecular flexibility index (Phi) is 9.58. The van der Waals surface area contributed by atoms with Gasteiger partial charge in [-0.05, 0) is 25.8 Å². The zero-order valence-corrected chi connectivity index (χ0v) is 14.8. The van der Waals surface area contributed by atoms with Gasteiger partial charge in [0.15, 0.2) is 5.96 Å². The van der Waals surface area contributed by atoms with Gasteiger partial charge >= 0.3 is 0 Å². The highest BCUT2D eigenvalue weighted by Gasteiger charge is 2.22. The minimum atomic E-state index is -0.949. The second kappa shape index (κ2) is 9.99. The topological polar surface area (TPSA) is 56.7 Å². The van der Waals surface area contributed by atoms with Gasteiger partial charge in [-0.25, -0.2) is 4.99 Å². The molecule has 20 heavy (non-hydrogen) atoms. The Labute approximate surface area is 139 Å². The van der Waals surface area contributed by atoms with Crippen LogP contribution >= 0.6 is 24.0 Å². The maximum absolute atomic E-state index is 10.5. The van der Waals surface area contributed by atoms with Crippen LogP contribution < -0.4 is 10.6 Å². The number of aliphatic imine (C=N–C) groups is 1. The lowest BCUT2D eigenvalue weighted by Gasteiger charge is -2.22. The Hall–Kier alpha value is -0.820. The highest BCUT2D eigenvalue weighted by molar-refractivity contribution is 14.0. The number of aliphatic hydroxyl groups is 1. The van der Waals surface area contributed by atoms with E-state index in [-0.39, 0.29) is 24.0 Å². The molecule has 114 valence electrons. The molecule has 0 aromatic heterocycles. The fraction of sp³-hybridized carbons (Fsp3) is 0.533. The number of guanidine groups is 1. The Morgan fingerprint density at radius 2 is 1.85 bits per heavy atom. The molecule has 5 heteroatoms. The van der Waals surface area contributed by atoms with Gasteiger partial charge in [0.1, 0.15) is 5.60 Å². The van der Waals surface area contributed by atoms with Crippen molar-refractivity contribution in [1.82, 2.24) is 10.6 Å². The third-order valence-corrected chi connectivity index (χ3v) is 2.83. The third kappa shape index (κ3) is 6.56. The number of hydrogen-bond acceptors (Lipinski definition) is 2. The molecular weight excluding hydrogens is 365 g/mol. The van der Waals surface area contributed by atoms with Gasteiger partial charge in [-0.3, -0.25) is 0 Å². The standard InChI is InChI=1S/C15H25N3O.HI/c1-4-11-17-14(16-5-2)18-12-15(3,19)13-9-7-6-8-10-13;/h6-10,19H,4-5,11-12H2,1-3H3,(H2,16,17,18);1H. The van der Waals surface area contributed by atoms with E-state index in [0.29, 0.717) is 6.54 Å². The van der Waals surface area contributed by atoms with E-state index in [1.54, 1.807) is 6.92 Å². The van der Waals surface area contributed by atoms with Gasteiger partial charge in [-0.1, -0.05) is 37.3 Å². The highest BCUT2D eigenvalue weighted by atomic mass is 127. The van der Waals surface area contributed by atoms with Crippen molar-refractivity contribution >= 4 is 29.9 Å². The van der Waals surface area contributed by atoms with Gasteiger partial charge in [0.2, 0.25) is 0 Å². The number of halogens is 1. The van der Waals surface area contributed by atoms with E-state index in [4.69, 9.17) is 0 Å². The molecule has 0 heterocycles. The molecule has 1 unspecified atom stereocenters. The molecule has 1 aromatic rings. The zero-order chi connectivity index (χ0) is 14.1. The van der Waals surface area contributed by atoms with Crippen LogP contribution in [0.2, 0.25) is 0 Å². The molecule has 0 fully saturated rings. The molecule has 0 amide bonds. The van der Waals surface area contributed by atoms with Crippen LogP contribution in [-0.4, -0.2) is 30.7 Å². The monoisotopic (exact) mass is 391 g/mol. The van der Waals surface area contributed by atoms with Crippen molar-refractivity contribution in [3.63, 3.8) is 0 Å². The first-order valence-electron chi connectivity index (χ1n) is 6.90. The number of nitrogens with one attached hydrogen (secondary N) is 2. The summed E-state index contributed by atoms with van der Waals surface area (Å²) in [5.41, 5.74) is -0.0689. The van der Waals surface area contributed by atoms with Crippen molar-refractivity contribution in [2.45, 2.75) is 32.8 Å². The summed E-state index contributed by atoms with van der Waals surface area (Å²) in [6.45, 7) is 7.93. The number of benzene rings is 1. The van der Waals surface area contributed by atoms with Crippen LogP contribution in [0, 0.1) is 0 Å². The van der Waals surface area contributed by atoms with Gasteiger partial charge in [0, 0.05) is 13.1 Å². The van der Waals surface area contributed by atoms with Gasteiger partial charge in [0.05, 0.1) is 6.54 Å². The van der Waals surface area contributed by atoms with E-state index in [9.17, 15) is 5.11 Å². The maximum atomic E-state index is 10.5. The SMILES string of the molecule is CCCNC(=NCC(C)(O)c1ccccc1)NCC.I. The van der Waals surface area contributed by atoms with Crippen molar-refractivity contribution in [2.24, 2.45) is 4.99 Å². The molecule has 0 bridgehead atoms. The molecule has 0 aliphatic heterocycles. The van der Waals surface area contributed by atoms with E-state index < -0.39 is 5.60 Å². The molecular formula is C15H26IN3O. The Morgan fingerprint density at radius 3 is 2.40 bits per heavy atom. The lowest BCUT2D eigenvalue weighted by atomic mass is 9.96. The molecule has 0 aliphatic carbocycles. The summed E-state index contributed by atoms with van der Waals surface area (Å²) >= 11 is 0. The predicted octanol–water partition coefficient (Wildman–Crippen LogP) is 2.48. The first kappa shape index (κ1) is 19.2. The quantitative estimate of drug-likeness (QED) is 0.397. The predicted molar refractivity (Wildman–Crippen MR) is 95.7 cm³/mol. The molecule has 1 rings (SSSR count). The Bertz CT molecular complexity index is 393. The minimum Gasteiger partial charge on any atom is -0.384 e. The van der Waals surface area contributed by atoms with Crippen LogP contribution in [0.3, 0.4) is 0 Å². The second-order valence-corrected chi connectivity index (χ2v) is 4.76. The summed E-state index contributed by atoms with van der Waals surface area (Å²) < 4.78 is 0. The molecule has 0 radical (unpaired) electrons. The van der Waals surface area contributed by atoms with E-state index in [1.807, 2.05) is 37.3 Å². The summed E-state index contributed by atoms with van der Waals surface area (Å²) in [5.74, 6) is 0.751. The fourth-order valence-corrected chi connectivity index (χ4v) is 1.71. The first-order chi connectivity index (χ1) is 9.10. The fourth-order valence-electron chi connectivity index (χ4n) is 1.71. The lowest BCUT2D eigenvalue weighted by Crippen LogP contribution is -2.39. The van der Waals surface area contributed by atoms with Crippen molar-refractivity contribution in [3.05, 3.63) is 35.9 Å². The molecule has 1 atom stereocenters. The van der Waals surface area contributed by atoms with Crippen molar-refractivity contribution in [1.29, 1.82) is 0 Å². The smallest absolute Gasteiger partial charge is 0.191 e. The van der Waals surface area contributed by atoms with Crippen LogP contribution in [0.1, 0.15) is 32.8 Å². The first-order valence-corrected chi connectivity index (χ1v) is 6.90. The van der Waals surface area contributed by atoms with E-state index in [1.165, 1.54) is 0 Å². The summed E-state index contributed by atoms with van der Waals surface area (Å²) in [6.07, 6.45) is 1.04. The van der Waals surface area contributed by atoms with Crippen LogP contribution in [0.15, 0.2) is 35.3 Å². The molecule has 0 saturated heterocycles. The van der Waals surface area contributed by atoms with Crippen LogP contribution in [0.5, 0.6) is 0 Å². The largest absolute Gasteiger partial charge is 0.384 e. The zero-order valence-electron chi connectivity index (χ0n) is 12.5. The molecule has 3 N–H and O–H groups in total. The molecule has 0 aliphatic rings. The average Bonchev–Trinajstić information content (AvgIpc) is 2.43. The highest BCUT2D eigenvalue weighted by Crippen LogP contribution is 2.20. The number of rotatable bonds is 6. The number of nitrogens with zero attached hydrogens (tertiary/aromatic N) is 1. The van der Waals surface area contributed by atoms with Gasteiger partial charge in [-0.15, -0.1) is 24.0 Å². The van der Waals surface area contributed by atoms with Crippen molar-refractivity contribution in [2.75, 3.05) is 19.6 Å². The van der Waals surface area contributed by atoms with Crippen LogP contribution in [-0.2, 0) is 5.60 Å². The van der Waals surface area contributed by atoms with Gasteiger partial charge in [-0.2, -0.15) is 0 Å². The lowest BCUT2D eigenvalue weighted by molar-refractivity contribution is 0.0672. The van der Waals surface area contributed by atoms with Crippen molar-refractivity contribution < 1.29 is 5.11 Å². The normalized spacial score (nSPS) is 14.1. The summed E-state index contributed by atoms with van der Waals surface area (Å²) in [7, 11) is 0. The molecule has 4 nitrogen and oxygen atoms in total. The van der Waals surface area contributed by atoms with Gasteiger partial charge < -0.3 is 15.7 Å². The summed E-state index contributed by atoms with van der Waals surface area (Å²) in [4.78, 5) is 4.44. The Morgan fingerprint density at radius 1 is 1.20 bits per heavy atom. The van der Waals surface area contributed by atoms with Crippen LogP contribution in [0.4, 0.5) is 0 Å². The maximum Gasteiger partial charge on any atom is 0.191 e.